The van der Waals surface area contributed by atoms with Gasteiger partial charge in [0.05, 0.1) is 38.9 Å². The van der Waals surface area contributed by atoms with Gasteiger partial charge in [0.1, 0.15) is 24.0 Å². The lowest BCUT2D eigenvalue weighted by atomic mass is 9.86. The number of benzene rings is 3. The largest absolute Gasteiger partial charge is 0.408 e. The molecule has 0 saturated carbocycles. The van der Waals surface area contributed by atoms with Crippen molar-refractivity contribution in [1.29, 1.82) is 0 Å². The van der Waals surface area contributed by atoms with E-state index < -0.39 is 36.0 Å². The summed E-state index contributed by atoms with van der Waals surface area (Å²) < 4.78 is 70.6. The van der Waals surface area contributed by atoms with Gasteiger partial charge in [-0.1, -0.05) is 38.4 Å². The summed E-state index contributed by atoms with van der Waals surface area (Å²) in [7, 11) is 0. The van der Waals surface area contributed by atoms with Crippen molar-refractivity contribution in [2.24, 2.45) is 5.73 Å². The number of hydrogen-bond acceptors (Lipinski definition) is 4. The maximum Gasteiger partial charge on any atom is 0.408 e. The molecule has 42 heavy (non-hydrogen) atoms. The molecule has 0 amide bonds. The standard InChI is InChI=1S/C30H27ClF5N5O/c1-15-25-21(31)7-8-24(26(25)40(39-15)14-30(34,35)36)41-27(22(37)11-16-9-18(32)13-19(33)10-16)38-23-12-17(29(2,3)4)5-6-20(23)28(41)42/h5-10,12-13,22H,11,14,37H2,1-4H3/t22-/m0/s1. The molecule has 0 fully saturated rings. The molecular formula is C30H27ClF5N5O. The molecule has 1 atom stereocenters. The SMILES string of the molecule is Cc1nn(CC(F)(F)F)c2c(-n3c([C@@H](N)Cc4cc(F)cc(F)c4)nc4cc(C(C)(C)C)ccc4c3=O)ccc(Cl)c12. The number of halogens is 6. The van der Waals surface area contributed by atoms with Crippen molar-refractivity contribution in [1.82, 2.24) is 19.3 Å². The molecule has 5 aromatic rings. The summed E-state index contributed by atoms with van der Waals surface area (Å²) in [4.78, 5) is 18.9. The average Bonchev–Trinajstić information content (AvgIpc) is 3.18. The number of aromatic nitrogens is 4. The van der Waals surface area contributed by atoms with Gasteiger partial charge in [-0.25, -0.2) is 13.8 Å². The number of rotatable bonds is 5. The lowest BCUT2D eigenvalue weighted by molar-refractivity contribution is -0.141. The highest BCUT2D eigenvalue weighted by atomic mass is 35.5. The van der Waals surface area contributed by atoms with E-state index in [0.717, 1.165) is 33.0 Å². The molecule has 3 aromatic carbocycles. The first kappa shape index (κ1) is 29.7. The van der Waals surface area contributed by atoms with E-state index in [1.807, 2.05) is 20.8 Å². The summed E-state index contributed by atoms with van der Waals surface area (Å²) in [5.74, 6) is -1.62. The van der Waals surface area contributed by atoms with Gasteiger partial charge < -0.3 is 5.73 Å². The summed E-state index contributed by atoms with van der Waals surface area (Å²) in [6, 6.07) is 9.91. The highest BCUT2D eigenvalue weighted by Crippen LogP contribution is 2.34. The van der Waals surface area contributed by atoms with Crippen LogP contribution in [0.2, 0.25) is 5.02 Å². The van der Waals surface area contributed by atoms with Crippen molar-refractivity contribution in [2.75, 3.05) is 0 Å². The molecule has 220 valence electrons. The summed E-state index contributed by atoms with van der Waals surface area (Å²) in [6.07, 6.45) is -4.75. The Bertz CT molecular complexity index is 1890. The van der Waals surface area contributed by atoms with Gasteiger partial charge in [-0.2, -0.15) is 18.3 Å². The Morgan fingerprint density at radius 3 is 2.29 bits per heavy atom. The fraction of sp³-hybridized carbons (Fsp3) is 0.300. The minimum Gasteiger partial charge on any atom is -0.321 e. The summed E-state index contributed by atoms with van der Waals surface area (Å²) in [6.45, 7) is 6.07. The number of nitrogens with zero attached hydrogens (tertiary/aromatic N) is 4. The molecule has 2 N–H and O–H groups in total. The first-order valence-corrected chi connectivity index (χ1v) is 13.4. The van der Waals surface area contributed by atoms with Gasteiger partial charge in [-0.3, -0.25) is 14.0 Å². The summed E-state index contributed by atoms with van der Waals surface area (Å²) in [5, 5.41) is 4.67. The van der Waals surface area contributed by atoms with E-state index in [0.29, 0.717) is 5.52 Å². The Morgan fingerprint density at radius 1 is 1.00 bits per heavy atom. The topological polar surface area (TPSA) is 78.7 Å². The Labute approximate surface area is 242 Å². The number of hydrogen-bond donors (Lipinski definition) is 1. The Kier molecular flexibility index (Phi) is 7.39. The maximum absolute atomic E-state index is 14.2. The van der Waals surface area contributed by atoms with Gasteiger partial charge in [0.2, 0.25) is 0 Å². The molecule has 2 aromatic heterocycles. The highest BCUT2D eigenvalue weighted by Gasteiger charge is 2.32. The molecule has 6 nitrogen and oxygen atoms in total. The van der Waals surface area contributed by atoms with Crippen LogP contribution in [-0.2, 0) is 18.4 Å². The number of fused-ring (bicyclic) bond motifs is 2. The monoisotopic (exact) mass is 603 g/mol. The van der Waals surface area contributed by atoms with E-state index in [9.17, 15) is 26.7 Å². The van der Waals surface area contributed by atoms with Crippen LogP contribution >= 0.6 is 11.6 Å². The van der Waals surface area contributed by atoms with Gasteiger partial charge in [0.15, 0.2) is 0 Å². The number of alkyl halides is 3. The van der Waals surface area contributed by atoms with Crippen LogP contribution in [-0.4, -0.2) is 25.5 Å². The molecule has 0 saturated heterocycles. The minimum atomic E-state index is -4.62. The number of nitrogens with two attached hydrogens (primary N) is 1. The molecular weight excluding hydrogens is 577 g/mol. The van der Waals surface area contributed by atoms with Gasteiger partial charge in [-0.15, -0.1) is 0 Å². The predicted octanol–water partition coefficient (Wildman–Crippen LogP) is 7.08. The van der Waals surface area contributed by atoms with Crippen LogP contribution in [0.1, 0.15) is 49.5 Å². The first-order chi connectivity index (χ1) is 19.5. The zero-order valence-electron chi connectivity index (χ0n) is 23.2. The van der Waals surface area contributed by atoms with E-state index >= 15 is 0 Å². The van der Waals surface area contributed by atoms with Crippen LogP contribution < -0.4 is 11.3 Å². The normalized spacial score (nSPS) is 13.3. The molecule has 0 radical (unpaired) electrons. The Morgan fingerprint density at radius 2 is 1.67 bits per heavy atom. The predicted molar refractivity (Wildman–Crippen MR) is 152 cm³/mol. The molecule has 0 aliphatic heterocycles. The van der Waals surface area contributed by atoms with Crippen molar-refractivity contribution >= 4 is 33.4 Å². The molecule has 0 aliphatic rings. The van der Waals surface area contributed by atoms with Crippen molar-refractivity contribution in [3.8, 4) is 5.69 Å². The zero-order chi connectivity index (χ0) is 30.7. The van der Waals surface area contributed by atoms with Crippen molar-refractivity contribution in [3.63, 3.8) is 0 Å². The quantitative estimate of drug-likeness (QED) is 0.218. The second kappa shape index (κ2) is 10.5. The van der Waals surface area contributed by atoms with Crippen LogP contribution in [0, 0.1) is 18.6 Å². The van der Waals surface area contributed by atoms with Crippen LogP contribution in [0.25, 0.3) is 27.5 Å². The molecule has 2 heterocycles. The van der Waals surface area contributed by atoms with E-state index in [-0.39, 0.29) is 55.9 Å². The molecule has 0 aliphatic carbocycles. The first-order valence-electron chi connectivity index (χ1n) is 13.0. The molecule has 12 heteroatoms. The van der Waals surface area contributed by atoms with E-state index in [1.54, 1.807) is 18.2 Å². The molecule has 0 unspecified atom stereocenters. The summed E-state index contributed by atoms with van der Waals surface area (Å²) in [5.41, 5.74) is 7.37. The molecule has 5 rings (SSSR count). The fourth-order valence-corrected chi connectivity index (χ4v) is 5.42. The number of aryl methyl sites for hydroxylation is 1. The Balaban J connectivity index is 1.84. The molecule has 0 bridgehead atoms. The Hall–Kier alpha value is -3.83. The summed E-state index contributed by atoms with van der Waals surface area (Å²) >= 11 is 6.41. The maximum atomic E-state index is 14.2. The van der Waals surface area contributed by atoms with E-state index in [4.69, 9.17) is 22.3 Å². The average molecular weight is 604 g/mol. The van der Waals surface area contributed by atoms with E-state index in [2.05, 4.69) is 5.10 Å². The van der Waals surface area contributed by atoms with Crippen LogP contribution in [0.4, 0.5) is 22.0 Å². The highest BCUT2D eigenvalue weighted by molar-refractivity contribution is 6.36. The van der Waals surface area contributed by atoms with Crippen LogP contribution in [0.3, 0.4) is 0 Å². The van der Waals surface area contributed by atoms with Crippen molar-refractivity contribution in [3.05, 3.63) is 98.2 Å². The third kappa shape index (κ3) is 5.63. The minimum absolute atomic E-state index is 0.00994. The van der Waals surface area contributed by atoms with Gasteiger partial charge in [-0.05, 0) is 66.3 Å². The smallest absolute Gasteiger partial charge is 0.321 e. The lowest BCUT2D eigenvalue weighted by Gasteiger charge is -2.22. The van der Waals surface area contributed by atoms with Crippen molar-refractivity contribution < 1.29 is 22.0 Å². The van der Waals surface area contributed by atoms with Gasteiger partial charge in [0.25, 0.3) is 5.56 Å². The van der Waals surface area contributed by atoms with Gasteiger partial charge >= 0.3 is 6.18 Å². The van der Waals surface area contributed by atoms with Gasteiger partial charge in [0, 0.05) is 11.5 Å². The lowest BCUT2D eigenvalue weighted by Crippen LogP contribution is -2.30. The van der Waals surface area contributed by atoms with Crippen LogP contribution in [0.5, 0.6) is 0 Å². The zero-order valence-corrected chi connectivity index (χ0v) is 23.9. The van der Waals surface area contributed by atoms with Crippen molar-refractivity contribution in [2.45, 2.75) is 58.3 Å². The third-order valence-corrected chi connectivity index (χ3v) is 7.35. The third-order valence-electron chi connectivity index (χ3n) is 7.04. The molecule has 0 spiro atoms. The second-order valence-electron chi connectivity index (χ2n) is 11.3. The van der Waals surface area contributed by atoms with E-state index in [1.165, 1.54) is 19.1 Å². The van der Waals surface area contributed by atoms with Crippen LogP contribution in [0.15, 0.2) is 53.3 Å². The second-order valence-corrected chi connectivity index (χ2v) is 11.7. The fourth-order valence-electron chi connectivity index (χ4n) is 5.13.